The number of benzene rings is 3. The first-order valence-corrected chi connectivity index (χ1v) is 12.3. The Labute approximate surface area is 208 Å². The summed E-state index contributed by atoms with van der Waals surface area (Å²) >= 11 is 0. The molecule has 0 spiro atoms. The smallest absolute Gasteiger partial charge is 0.337 e. The van der Waals surface area contributed by atoms with Crippen molar-refractivity contribution in [2.24, 2.45) is 0 Å². The Morgan fingerprint density at radius 2 is 0.972 bits per heavy atom. The Bertz CT molecular complexity index is 1430. The molecular formula is C30H26O6. The topological polar surface area (TPSA) is 109 Å². The molecule has 182 valence electrons. The molecule has 0 unspecified atom stereocenters. The second-order valence-electron chi connectivity index (χ2n) is 9.60. The number of fused-ring (bicyclic) bond motifs is 2. The van der Waals surface area contributed by atoms with Gasteiger partial charge < -0.3 is 10.2 Å². The number of carbonyl (C=O) groups excluding carboxylic acids is 2. The fraction of sp³-hybridized carbons (Fsp3) is 0.267. The second kappa shape index (κ2) is 9.53. The Kier molecular flexibility index (Phi) is 6.27. The van der Waals surface area contributed by atoms with Gasteiger partial charge in [-0.25, -0.2) is 9.59 Å². The molecule has 0 aliphatic heterocycles. The van der Waals surface area contributed by atoms with Gasteiger partial charge in [0.25, 0.3) is 0 Å². The van der Waals surface area contributed by atoms with E-state index in [-0.39, 0.29) is 16.7 Å². The summed E-state index contributed by atoms with van der Waals surface area (Å²) in [6.45, 7) is 0. The number of ketones is 2. The van der Waals surface area contributed by atoms with Crippen LogP contribution in [0.3, 0.4) is 0 Å². The predicted molar refractivity (Wildman–Crippen MR) is 133 cm³/mol. The maximum Gasteiger partial charge on any atom is 0.337 e. The van der Waals surface area contributed by atoms with Gasteiger partial charge in [0, 0.05) is 22.3 Å². The van der Waals surface area contributed by atoms with Gasteiger partial charge in [-0.05, 0) is 97.9 Å². The Morgan fingerprint density at radius 1 is 0.500 bits per heavy atom. The van der Waals surface area contributed by atoms with Crippen LogP contribution in [0.4, 0.5) is 0 Å². The number of hydrogen-bond donors (Lipinski definition) is 2. The highest BCUT2D eigenvalue weighted by molar-refractivity contribution is 6.20. The zero-order valence-corrected chi connectivity index (χ0v) is 19.8. The monoisotopic (exact) mass is 482 g/mol. The normalized spacial score (nSPS) is 14.4. The number of carboxylic acids is 2. The van der Waals surface area contributed by atoms with E-state index in [0.29, 0.717) is 5.56 Å². The Balaban J connectivity index is 1.62. The van der Waals surface area contributed by atoms with Gasteiger partial charge in [-0.3, -0.25) is 9.59 Å². The molecule has 0 bridgehead atoms. The minimum Gasteiger partial charge on any atom is -0.478 e. The number of aryl methyl sites for hydroxylation is 4. The van der Waals surface area contributed by atoms with Crippen LogP contribution in [0.25, 0.3) is 0 Å². The molecule has 2 N–H and O–H groups in total. The van der Waals surface area contributed by atoms with Crippen molar-refractivity contribution in [2.75, 3.05) is 0 Å². The molecule has 6 heteroatoms. The van der Waals surface area contributed by atoms with Crippen LogP contribution in [0, 0.1) is 0 Å². The summed E-state index contributed by atoms with van der Waals surface area (Å²) in [5.41, 5.74) is 3.69. The molecular weight excluding hydrogens is 456 g/mol. The van der Waals surface area contributed by atoms with Gasteiger partial charge in [-0.1, -0.05) is 24.3 Å². The van der Waals surface area contributed by atoms with Crippen molar-refractivity contribution >= 4 is 23.5 Å². The first-order chi connectivity index (χ1) is 17.3. The lowest BCUT2D eigenvalue weighted by Gasteiger charge is -2.18. The summed E-state index contributed by atoms with van der Waals surface area (Å²) < 4.78 is 0. The van der Waals surface area contributed by atoms with Crippen molar-refractivity contribution in [3.63, 3.8) is 0 Å². The molecule has 0 saturated carbocycles. The van der Waals surface area contributed by atoms with Crippen molar-refractivity contribution in [2.45, 2.75) is 51.4 Å². The van der Waals surface area contributed by atoms with Gasteiger partial charge in [0.2, 0.25) is 0 Å². The summed E-state index contributed by atoms with van der Waals surface area (Å²) in [7, 11) is 0. The molecule has 0 radical (unpaired) electrons. The highest BCUT2D eigenvalue weighted by Crippen LogP contribution is 2.28. The predicted octanol–water partition coefficient (Wildman–Crippen LogP) is 5.30. The summed E-state index contributed by atoms with van der Waals surface area (Å²) in [6, 6.07) is 13.1. The van der Waals surface area contributed by atoms with Crippen molar-refractivity contribution in [3.8, 4) is 0 Å². The lowest BCUT2D eigenvalue weighted by atomic mass is 9.86. The Morgan fingerprint density at radius 3 is 1.47 bits per heavy atom. The molecule has 6 nitrogen and oxygen atoms in total. The average Bonchev–Trinajstić information content (AvgIpc) is 2.90. The maximum atomic E-state index is 13.6. The van der Waals surface area contributed by atoms with Crippen LogP contribution in [0.15, 0.2) is 48.5 Å². The van der Waals surface area contributed by atoms with E-state index in [0.717, 1.165) is 68.6 Å². The zero-order chi connectivity index (χ0) is 25.4. The van der Waals surface area contributed by atoms with Crippen LogP contribution in [-0.2, 0) is 25.7 Å². The summed E-state index contributed by atoms with van der Waals surface area (Å²) in [6.07, 6.45) is 7.83. The minimum absolute atomic E-state index is 0.0190. The molecule has 36 heavy (non-hydrogen) atoms. The molecule has 3 aromatic carbocycles. The van der Waals surface area contributed by atoms with Gasteiger partial charge >= 0.3 is 11.9 Å². The second-order valence-corrected chi connectivity index (χ2v) is 9.60. The quantitative estimate of drug-likeness (QED) is 0.462. The highest BCUT2D eigenvalue weighted by Gasteiger charge is 2.28. The van der Waals surface area contributed by atoms with Crippen LogP contribution in [-0.4, -0.2) is 33.7 Å². The van der Waals surface area contributed by atoms with E-state index >= 15 is 0 Å². The van der Waals surface area contributed by atoms with Crippen molar-refractivity contribution in [1.29, 1.82) is 0 Å². The van der Waals surface area contributed by atoms with E-state index < -0.39 is 34.6 Å². The fourth-order valence-electron chi connectivity index (χ4n) is 5.42. The molecule has 0 aromatic heterocycles. The van der Waals surface area contributed by atoms with Gasteiger partial charge in [0.15, 0.2) is 11.6 Å². The standard InChI is InChI=1S/C30H26O6/c31-27(21-11-9-17-5-1-3-7-19(17)13-21)23-15-24(26(30(35)36)25(16-23)29(33)34)28(32)22-12-10-18-6-2-4-8-20(18)14-22/h9-16H,1-8H2,(H,33,34)(H,35,36). The summed E-state index contributed by atoms with van der Waals surface area (Å²) in [5.74, 6) is -4.08. The molecule has 2 aliphatic rings. The number of aromatic carboxylic acids is 2. The van der Waals surface area contributed by atoms with Crippen molar-refractivity contribution in [1.82, 2.24) is 0 Å². The minimum atomic E-state index is -1.53. The third-order valence-corrected chi connectivity index (χ3v) is 7.31. The van der Waals surface area contributed by atoms with Gasteiger partial charge in [0.1, 0.15) is 0 Å². The van der Waals surface area contributed by atoms with Crippen molar-refractivity contribution < 1.29 is 29.4 Å². The van der Waals surface area contributed by atoms with Crippen LogP contribution < -0.4 is 0 Å². The summed E-state index contributed by atoms with van der Waals surface area (Å²) in [5, 5.41) is 19.7. The first-order valence-electron chi connectivity index (χ1n) is 12.3. The van der Waals surface area contributed by atoms with Gasteiger partial charge in [-0.2, -0.15) is 0 Å². The first kappa shape index (κ1) is 23.7. The average molecular weight is 483 g/mol. The van der Waals surface area contributed by atoms with E-state index in [2.05, 4.69) is 0 Å². The maximum absolute atomic E-state index is 13.6. The van der Waals surface area contributed by atoms with E-state index in [1.54, 1.807) is 18.2 Å². The number of rotatable bonds is 6. The van der Waals surface area contributed by atoms with E-state index in [1.165, 1.54) is 17.2 Å². The van der Waals surface area contributed by atoms with Crippen LogP contribution in [0.5, 0.6) is 0 Å². The lowest BCUT2D eigenvalue weighted by Crippen LogP contribution is -2.18. The molecule has 0 atom stereocenters. The third-order valence-electron chi connectivity index (χ3n) is 7.31. The third kappa shape index (κ3) is 4.35. The molecule has 5 rings (SSSR count). The number of hydrogen-bond acceptors (Lipinski definition) is 4. The molecule has 2 aliphatic carbocycles. The molecule has 0 heterocycles. The zero-order valence-electron chi connectivity index (χ0n) is 19.8. The summed E-state index contributed by atoms with van der Waals surface area (Å²) in [4.78, 5) is 51.2. The fourth-order valence-corrected chi connectivity index (χ4v) is 5.42. The number of carboxylic acid groups (broad SMARTS) is 2. The van der Waals surface area contributed by atoms with E-state index in [1.807, 2.05) is 18.2 Å². The van der Waals surface area contributed by atoms with Crippen molar-refractivity contribution in [3.05, 3.63) is 104 Å². The van der Waals surface area contributed by atoms with E-state index in [4.69, 9.17) is 0 Å². The lowest BCUT2D eigenvalue weighted by molar-refractivity contribution is 0.0649. The molecule has 0 amide bonds. The highest BCUT2D eigenvalue weighted by atomic mass is 16.4. The van der Waals surface area contributed by atoms with Gasteiger partial charge in [0.05, 0.1) is 11.1 Å². The SMILES string of the molecule is O=C(c1ccc2c(c1)CCCC2)c1cc(C(=O)O)c(C(=O)O)c(C(=O)c2ccc3c(c2)CCCC3)c1. The molecule has 3 aromatic rings. The largest absolute Gasteiger partial charge is 0.478 e. The van der Waals surface area contributed by atoms with E-state index in [9.17, 15) is 29.4 Å². The van der Waals surface area contributed by atoms with Gasteiger partial charge in [-0.15, -0.1) is 0 Å². The number of carbonyl (C=O) groups is 4. The molecule has 0 saturated heterocycles. The van der Waals surface area contributed by atoms with Crippen LogP contribution >= 0.6 is 0 Å². The Hall–Kier alpha value is -4.06. The van der Waals surface area contributed by atoms with Crippen LogP contribution in [0.1, 0.15) is 100 Å². The van der Waals surface area contributed by atoms with Crippen LogP contribution in [0.2, 0.25) is 0 Å². The molecule has 0 fully saturated rings.